The molecule has 1 aromatic heterocycles. The van der Waals surface area contributed by atoms with Crippen molar-refractivity contribution in [3.63, 3.8) is 0 Å². The second-order valence-corrected chi connectivity index (χ2v) is 3.20. The molecule has 0 aliphatic carbocycles. The van der Waals surface area contributed by atoms with Crippen molar-refractivity contribution in [2.75, 3.05) is 7.11 Å². The van der Waals surface area contributed by atoms with E-state index >= 15 is 0 Å². The Morgan fingerprint density at radius 1 is 1.53 bits per heavy atom. The molecule has 0 unspecified atom stereocenters. The van der Waals surface area contributed by atoms with Crippen molar-refractivity contribution in [3.05, 3.63) is 17.6 Å². The minimum absolute atomic E-state index is 0.158. The summed E-state index contributed by atoms with van der Waals surface area (Å²) in [7, 11) is 1.55. The van der Waals surface area contributed by atoms with Gasteiger partial charge in [-0.15, -0.1) is 0 Å². The minimum Gasteiger partial charge on any atom is -0.481 e. The van der Waals surface area contributed by atoms with Gasteiger partial charge in [-0.3, -0.25) is 4.79 Å². The Balaban J connectivity index is 2.64. The van der Waals surface area contributed by atoms with Gasteiger partial charge >= 0.3 is 5.97 Å². The van der Waals surface area contributed by atoms with Crippen molar-refractivity contribution in [3.8, 4) is 5.88 Å². The van der Waals surface area contributed by atoms with Crippen molar-refractivity contribution in [2.24, 2.45) is 0 Å². The number of rotatable bonds is 5. The summed E-state index contributed by atoms with van der Waals surface area (Å²) >= 11 is 0. The molecule has 0 saturated carbocycles. The number of nitrogens with zero attached hydrogens (tertiary/aromatic N) is 2. The molecule has 0 amide bonds. The summed E-state index contributed by atoms with van der Waals surface area (Å²) in [6.07, 6.45) is 2.81. The largest absolute Gasteiger partial charge is 0.481 e. The van der Waals surface area contributed by atoms with Crippen LogP contribution in [0.5, 0.6) is 5.88 Å². The van der Waals surface area contributed by atoms with Crippen LogP contribution in [0.4, 0.5) is 0 Å². The van der Waals surface area contributed by atoms with Crippen LogP contribution in [0.25, 0.3) is 0 Å². The Labute approximate surface area is 88.1 Å². The summed E-state index contributed by atoms with van der Waals surface area (Å²) in [6, 6.07) is 0. The lowest BCUT2D eigenvalue weighted by Crippen LogP contribution is -2.02. The number of hydrogen-bond acceptors (Lipinski definition) is 4. The number of aryl methyl sites for hydroxylation is 1. The van der Waals surface area contributed by atoms with Crippen LogP contribution >= 0.6 is 0 Å². The number of ether oxygens (including phenoxy) is 1. The van der Waals surface area contributed by atoms with Crippen LogP contribution in [0.3, 0.4) is 0 Å². The van der Waals surface area contributed by atoms with Gasteiger partial charge in [0.25, 0.3) is 0 Å². The Bertz CT molecular complexity index is 353. The molecule has 1 N–H and O–H groups in total. The van der Waals surface area contributed by atoms with Gasteiger partial charge in [0.05, 0.1) is 12.8 Å². The maximum absolute atomic E-state index is 10.3. The van der Waals surface area contributed by atoms with Crippen LogP contribution in [-0.2, 0) is 11.2 Å². The lowest BCUT2D eigenvalue weighted by molar-refractivity contribution is -0.137. The highest BCUT2D eigenvalue weighted by atomic mass is 16.5. The van der Waals surface area contributed by atoms with Crippen LogP contribution in [0.15, 0.2) is 6.33 Å². The van der Waals surface area contributed by atoms with Gasteiger partial charge in [-0.25, -0.2) is 9.97 Å². The van der Waals surface area contributed by atoms with Gasteiger partial charge in [-0.05, 0) is 19.8 Å². The second-order valence-electron chi connectivity index (χ2n) is 3.20. The highest BCUT2D eigenvalue weighted by Gasteiger charge is 2.07. The SMILES string of the molecule is COc1ncnc(CCCC(=O)O)c1C. The zero-order chi connectivity index (χ0) is 11.3. The first kappa shape index (κ1) is 11.4. The van der Waals surface area contributed by atoms with Crippen LogP contribution < -0.4 is 4.74 Å². The molecule has 15 heavy (non-hydrogen) atoms. The van der Waals surface area contributed by atoms with Crippen LogP contribution in [0, 0.1) is 6.92 Å². The molecule has 0 fully saturated rings. The number of carbonyl (C=O) groups is 1. The third-order valence-corrected chi connectivity index (χ3v) is 2.14. The highest BCUT2D eigenvalue weighted by molar-refractivity contribution is 5.66. The molecule has 0 atom stereocenters. The topological polar surface area (TPSA) is 72.3 Å². The first-order chi connectivity index (χ1) is 7.15. The van der Waals surface area contributed by atoms with E-state index in [9.17, 15) is 4.79 Å². The van der Waals surface area contributed by atoms with E-state index in [1.807, 2.05) is 6.92 Å². The Morgan fingerprint density at radius 3 is 2.87 bits per heavy atom. The number of aromatic nitrogens is 2. The zero-order valence-electron chi connectivity index (χ0n) is 8.86. The van der Waals surface area contributed by atoms with Crippen molar-refractivity contribution < 1.29 is 14.6 Å². The van der Waals surface area contributed by atoms with Crippen molar-refractivity contribution in [1.82, 2.24) is 9.97 Å². The average molecular weight is 210 g/mol. The number of hydrogen-bond donors (Lipinski definition) is 1. The molecule has 5 heteroatoms. The molecule has 1 heterocycles. The third kappa shape index (κ3) is 3.19. The molecular weight excluding hydrogens is 196 g/mol. The standard InChI is InChI=1S/C10H14N2O3/c1-7-8(4-3-5-9(13)14)11-6-12-10(7)15-2/h6H,3-5H2,1-2H3,(H,13,14). The number of carboxylic acids is 1. The quantitative estimate of drug-likeness (QED) is 0.790. The monoisotopic (exact) mass is 210 g/mol. The predicted molar refractivity (Wildman–Crippen MR) is 53.9 cm³/mol. The van der Waals surface area contributed by atoms with Crippen LogP contribution in [0.2, 0.25) is 0 Å². The summed E-state index contributed by atoms with van der Waals surface area (Å²) in [5.74, 6) is -0.232. The van der Waals surface area contributed by atoms with Gasteiger partial charge in [0.15, 0.2) is 0 Å². The normalized spacial score (nSPS) is 10.0. The summed E-state index contributed by atoms with van der Waals surface area (Å²) < 4.78 is 5.05. The molecule has 0 saturated heterocycles. The third-order valence-electron chi connectivity index (χ3n) is 2.14. The van der Waals surface area contributed by atoms with Gasteiger partial charge in [-0.2, -0.15) is 0 Å². The van der Waals surface area contributed by atoms with Gasteiger partial charge in [0.2, 0.25) is 5.88 Å². The lowest BCUT2D eigenvalue weighted by atomic mass is 10.1. The molecule has 0 aliphatic heterocycles. The van der Waals surface area contributed by atoms with E-state index in [-0.39, 0.29) is 6.42 Å². The van der Waals surface area contributed by atoms with Crippen molar-refractivity contribution >= 4 is 5.97 Å². The second kappa shape index (κ2) is 5.29. The smallest absolute Gasteiger partial charge is 0.303 e. The maximum atomic E-state index is 10.3. The number of methoxy groups -OCH3 is 1. The molecule has 0 spiro atoms. The van der Waals surface area contributed by atoms with Gasteiger partial charge < -0.3 is 9.84 Å². The van der Waals surface area contributed by atoms with E-state index in [0.717, 1.165) is 11.3 Å². The van der Waals surface area contributed by atoms with Gasteiger partial charge in [-0.1, -0.05) is 0 Å². The lowest BCUT2D eigenvalue weighted by Gasteiger charge is -2.06. The summed E-state index contributed by atoms with van der Waals surface area (Å²) in [5, 5.41) is 8.50. The molecule has 0 aliphatic rings. The van der Waals surface area contributed by atoms with E-state index in [1.165, 1.54) is 6.33 Å². The molecule has 0 bridgehead atoms. The molecule has 0 aromatic carbocycles. The van der Waals surface area contributed by atoms with E-state index in [0.29, 0.717) is 18.7 Å². The summed E-state index contributed by atoms with van der Waals surface area (Å²) in [5.41, 5.74) is 1.73. The summed E-state index contributed by atoms with van der Waals surface area (Å²) in [6.45, 7) is 1.87. The molecular formula is C10H14N2O3. The molecule has 82 valence electrons. The van der Waals surface area contributed by atoms with Gasteiger partial charge in [0.1, 0.15) is 6.33 Å². The fourth-order valence-corrected chi connectivity index (χ4v) is 1.33. The maximum Gasteiger partial charge on any atom is 0.303 e. The minimum atomic E-state index is -0.784. The fourth-order valence-electron chi connectivity index (χ4n) is 1.33. The molecule has 0 radical (unpaired) electrons. The molecule has 1 rings (SSSR count). The first-order valence-electron chi connectivity index (χ1n) is 4.71. The van der Waals surface area contributed by atoms with Crippen LogP contribution in [0.1, 0.15) is 24.1 Å². The first-order valence-corrected chi connectivity index (χ1v) is 4.71. The Hall–Kier alpha value is -1.65. The van der Waals surface area contributed by atoms with E-state index < -0.39 is 5.97 Å². The fraction of sp³-hybridized carbons (Fsp3) is 0.500. The summed E-state index contributed by atoms with van der Waals surface area (Å²) in [4.78, 5) is 18.4. The number of aliphatic carboxylic acids is 1. The predicted octanol–water partition coefficient (Wildman–Crippen LogP) is 1.20. The van der Waals surface area contributed by atoms with E-state index in [1.54, 1.807) is 7.11 Å². The van der Waals surface area contributed by atoms with E-state index in [2.05, 4.69) is 9.97 Å². The highest BCUT2D eigenvalue weighted by Crippen LogP contribution is 2.17. The zero-order valence-corrected chi connectivity index (χ0v) is 8.86. The van der Waals surface area contributed by atoms with E-state index in [4.69, 9.17) is 9.84 Å². The number of carboxylic acid groups (broad SMARTS) is 1. The van der Waals surface area contributed by atoms with Gasteiger partial charge in [0, 0.05) is 12.0 Å². The molecule has 5 nitrogen and oxygen atoms in total. The van der Waals surface area contributed by atoms with Crippen molar-refractivity contribution in [2.45, 2.75) is 26.2 Å². The average Bonchev–Trinajstić information content (AvgIpc) is 2.20. The Morgan fingerprint density at radius 2 is 2.27 bits per heavy atom. The Kier molecular flexibility index (Phi) is 4.03. The van der Waals surface area contributed by atoms with Crippen molar-refractivity contribution in [1.29, 1.82) is 0 Å². The van der Waals surface area contributed by atoms with Crippen LogP contribution in [-0.4, -0.2) is 28.2 Å². The molecule has 1 aromatic rings.